The van der Waals surface area contributed by atoms with Crippen molar-refractivity contribution in [2.24, 2.45) is 17.3 Å². The molecule has 1 amide bonds. The molecule has 0 aromatic carbocycles. The van der Waals surface area contributed by atoms with Crippen LogP contribution in [0.15, 0.2) is 0 Å². The van der Waals surface area contributed by atoms with Gasteiger partial charge in [0.1, 0.15) is 5.60 Å². The van der Waals surface area contributed by atoms with Gasteiger partial charge in [-0.1, -0.05) is 55.4 Å². The Labute approximate surface area is 180 Å². The fourth-order valence-electron chi connectivity index (χ4n) is 2.60. The molecule has 7 heteroatoms. The lowest BCUT2D eigenvalue weighted by Crippen LogP contribution is -2.49. The van der Waals surface area contributed by atoms with Crippen LogP contribution in [0.25, 0.3) is 0 Å². The number of carbonyl (C=O) groups is 2. The maximum Gasteiger partial charge on any atom is 0.407 e. The zero-order valence-corrected chi connectivity index (χ0v) is 21.9. The highest BCUT2D eigenvalue weighted by Gasteiger charge is 2.37. The van der Waals surface area contributed by atoms with Crippen molar-refractivity contribution in [3.63, 3.8) is 0 Å². The van der Waals surface area contributed by atoms with Crippen molar-refractivity contribution in [1.29, 1.82) is 0 Å². The molecule has 0 aliphatic carbocycles. The van der Waals surface area contributed by atoms with Crippen LogP contribution in [0.3, 0.4) is 0 Å². The number of rotatable bonds is 10. The molecule has 6 nitrogen and oxygen atoms in total. The Hall–Kier alpha value is -1.08. The van der Waals surface area contributed by atoms with Gasteiger partial charge < -0.3 is 19.6 Å². The summed E-state index contributed by atoms with van der Waals surface area (Å²) in [4.78, 5) is 23.9. The van der Waals surface area contributed by atoms with E-state index < -0.39 is 33.3 Å². The van der Waals surface area contributed by atoms with Crippen LogP contribution in [0.4, 0.5) is 4.79 Å². The first kappa shape index (κ1) is 27.9. The molecule has 0 aliphatic heterocycles. The second-order valence-electron chi connectivity index (χ2n) is 11.3. The molecule has 0 bridgehead atoms. The minimum absolute atomic E-state index is 0.0199. The number of alkyl carbamates (subject to hydrolysis) is 1. The van der Waals surface area contributed by atoms with Crippen molar-refractivity contribution in [1.82, 2.24) is 5.32 Å². The first-order chi connectivity index (χ1) is 12.9. The third kappa shape index (κ3) is 11.0. The van der Waals surface area contributed by atoms with Gasteiger partial charge in [0.05, 0.1) is 18.1 Å². The van der Waals surface area contributed by atoms with E-state index in [4.69, 9.17) is 9.16 Å². The topological polar surface area (TPSA) is 84.9 Å². The lowest BCUT2D eigenvalue weighted by molar-refractivity contribution is -0.142. The number of hydrogen-bond acceptors (Lipinski definition) is 4. The molecular weight excluding hydrogens is 386 g/mol. The maximum atomic E-state index is 12.4. The molecule has 0 aromatic heterocycles. The van der Waals surface area contributed by atoms with Gasteiger partial charge in [-0.25, -0.2) is 4.79 Å². The Morgan fingerprint density at radius 2 is 1.48 bits per heavy atom. The molecule has 0 fully saturated rings. The van der Waals surface area contributed by atoms with Crippen molar-refractivity contribution in [3.8, 4) is 0 Å². The summed E-state index contributed by atoms with van der Waals surface area (Å²) in [6.07, 6.45) is 0.205. The highest BCUT2D eigenvalue weighted by molar-refractivity contribution is 6.32. The Bertz CT molecular complexity index is 534. The first-order valence-electron chi connectivity index (χ1n) is 10.7. The Morgan fingerprint density at radius 3 is 1.86 bits per heavy atom. The number of ether oxygens (including phenoxy) is 1. The lowest BCUT2D eigenvalue weighted by atomic mass is 9.82. The van der Waals surface area contributed by atoms with Crippen molar-refractivity contribution in [2.45, 2.75) is 112 Å². The second kappa shape index (κ2) is 10.8. The van der Waals surface area contributed by atoms with E-state index in [-0.39, 0.29) is 22.6 Å². The molecule has 0 unspecified atom stereocenters. The minimum atomic E-state index is -1.01. The van der Waals surface area contributed by atoms with Crippen molar-refractivity contribution < 1.29 is 23.9 Å². The van der Waals surface area contributed by atoms with E-state index in [1.807, 2.05) is 20.8 Å². The van der Waals surface area contributed by atoms with E-state index in [2.05, 4.69) is 53.8 Å². The van der Waals surface area contributed by atoms with Crippen LogP contribution >= 0.6 is 0 Å². The average molecular weight is 432 g/mol. The zero-order valence-electron chi connectivity index (χ0n) is 20.5. The van der Waals surface area contributed by atoms with Gasteiger partial charge in [0.2, 0.25) is 0 Å². The molecule has 0 radical (unpaired) electrons. The van der Waals surface area contributed by atoms with Gasteiger partial charge in [-0.05, 0) is 50.0 Å². The van der Waals surface area contributed by atoms with Crippen LogP contribution in [0.2, 0.25) is 5.04 Å². The lowest BCUT2D eigenvalue weighted by Gasteiger charge is -2.40. The predicted octanol–water partition coefficient (Wildman–Crippen LogP) is 4.75. The molecular formula is C22H45NO5Si. The maximum absolute atomic E-state index is 12.4. The van der Waals surface area contributed by atoms with E-state index in [1.54, 1.807) is 6.92 Å². The summed E-state index contributed by atoms with van der Waals surface area (Å²) in [6.45, 7) is 22.3. The summed E-state index contributed by atoms with van der Waals surface area (Å²) in [5, 5.41) is 12.4. The van der Waals surface area contributed by atoms with Crippen LogP contribution < -0.4 is 5.32 Å². The summed E-state index contributed by atoms with van der Waals surface area (Å²) in [5.41, 5.74) is -0.519. The fourth-order valence-corrected chi connectivity index (χ4v) is 4.03. The van der Waals surface area contributed by atoms with Crippen LogP contribution in [0, 0.1) is 17.3 Å². The summed E-state index contributed by atoms with van der Waals surface area (Å²) in [5.74, 6) is -1.09. The molecule has 0 heterocycles. The van der Waals surface area contributed by atoms with Crippen LogP contribution in [0.5, 0.6) is 0 Å². The van der Waals surface area contributed by atoms with Crippen molar-refractivity contribution in [2.75, 3.05) is 0 Å². The van der Waals surface area contributed by atoms with E-state index >= 15 is 0 Å². The van der Waals surface area contributed by atoms with Crippen LogP contribution in [-0.4, -0.2) is 44.7 Å². The number of aliphatic carboxylic acids is 1. The number of nitrogens with one attached hydrogen (secondary N) is 1. The van der Waals surface area contributed by atoms with Gasteiger partial charge in [0.15, 0.2) is 9.76 Å². The van der Waals surface area contributed by atoms with Gasteiger partial charge in [-0.15, -0.1) is 0 Å². The zero-order chi connectivity index (χ0) is 23.2. The number of amides is 1. The summed E-state index contributed by atoms with van der Waals surface area (Å²) < 4.78 is 11.9. The molecule has 0 rings (SSSR count). The summed E-state index contributed by atoms with van der Waals surface area (Å²) >= 11 is 0. The molecule has 0 spiro atoms. The third-order valence-corrected chi connectivity index (χ3v) is 7.95. The number of carbonyl (C=O) groups excluding carboxylic acids is 1. The molecule has 0 saturated heterocycles. The molecule has 0 aromatic rings. The van der Waals surface area contributed by atoms with Crippen molar-refractivity contribution in [3.05, 3.63) is 0 Å². The smallest absolute Gasteiger partial charge is 0.407 e. The molecule has 3 atom stereocenters. The van der Waals surface area contributed by atoms with E-state index in [1.165, 1.54) is 0 Å². The molecule has 0 aliphatic rings. The van der Waals surface area contributed by atoms with Gasteiger partial charge >= 0.3 is 12.1 Å². The molecule has 0 saturated carbocycles. The highest BCUT2D eigenvalue weighted by atomic mass is 28.2. The number of carboxylic acid groups (broad SMARTS) is 1. The number of carboxylic acids is 1. The van der Waals surface area contributed by atoms with Crippen LogP contribution in [0.1, 0.15) is 89.0 Å². The van der Waals surface area contributed by atoms with Gasteiger partial charge in [0, 0.05) is 0 Å². The highest BCUT2D eigenvalue weighted by Crippen LogP contribution is 2.44. The van der Waals surface area contributed by atoms with Gasteiger partial charge in [-0.2, -0.15) is 0 Å². The standard InChI is InChI=1S/C22H45NO5Si/c1-14(2)12-16(23-19(26)27-21(7,8)9)17(13-15(3)18(24)25)28-29-22(10,11)20(4,5)6/h14-17H,12-13,29H2,1-11H3,(H,23,26)(H,24,25)/t15-,16+,17+/m1/s1. The summed E-state index contributed by atoms with van der Waals surface area (Å²) in [7, 11) is -1.01. The largest absolute Gasteiger partial charge is 0.481 e. The predicted molar refractivity (Wildman–Crippen MR) is 121 cm³/mol. The number of hydrogen-bond donors (Lipinski definition) is 2. The van der Waals surface area contributed by atoms with E-state index in [0.717, 1.165) is 0 Å². The molecule has 172 valence electrons. The second-order valence-corrected chi connectivity index (χ2v) is 13.7. The molecule has 29 heavy (non-hydrogen) atoms. The third-order valence-electron chi connectivity index (χ3n) is 5.57. The van der Waals surface area contributed by atoms with E-state index in [0.29, 0.717) is 18.8 Å². The minimum Gasteiger partial charge on any atom is -0.481 e. The van der Waals surface area contributed by atoms with Gasteiger partial charge in [0.25, 0.3) is 0 Å². The Balaban J connectivity index is 5.59. The first-order valence-corrected chi connectivity index (χ1v) is 12.0. The Morgan fingerprint density at radius 1 is 0.966 bits per heavy atom. The summed E-state index contributed by atoms with van der Waals surface area (Å²) in [6, 6.07) is -0.296. The fraction of sp³-hybridized carbons (Fsp3) is 0.909. The normalized spacial score (nSPS) is 16.7. The van der Waals surface area contributed by atoms with Gasteiger partial charge in [-0.3, -0.25) is 4.79 Å². The van der Waals surface area contributed by atoms with Crippen molar-refractivity contribution >= 4 is 21.8 Å². The molecule has 2 N–H and O–H groups in total. The average Bonchev–Trinajstić information content (AvgIpc) is 2.46. The monoisotopic (exact) mass is 431 g/mol. The van der Waals surface area contributed by atoms with Crippen LogP contribution in [-0.2, 0) is 14.0 Å². The quantitative estimate of drug-likeness (QED) is 0.488. The SMILES string of the molecule is CC(C)C[C@H](NC(=O)OC(C)(C)C)[C@H](C[C@@H](C)C(=O)O)O[SiH2]C(C)(C)C(C)(C)C. The Kier molecular flexibility index (Phi) is 10.4. The van der Waals surface area contributed by atoms with E-state index in [9.17, 15) is 14.7 Å².